The highest BCUT2D eigenvalue weighted by atomic mass is 19.4. The highest BCUT2D eigenvalue weighted by Gasteiger charge is 2.38. The predicted molar refractivity (Wildman–Crippen MR) is 84.0 cm³/mol. The summed E-state index contributed by atoms with van der Waals surface area (Å²) in [6.07, 6.45) is -4.54. The molecule has 0 bridgehead atoms. The van der Waals surface area contributed by atoms with E-state index in [2.05, 4.69) is 5.32 Å². The molecule has 0 radical (unpaired) electrons. The number of hydrogen-bond acceptors (Lipinski definition) is 3. The smallest absolute Gasteiger partial charge is 0.416 e. The summed E-state index contributed by atoms with van der Waals surface area (Å²) in [5, 5.41) is 2.71. The lowest BCUT2D eigenvalue weighted by atomic mass is 9.82. The number of ether oxygens (including phenoxy) is 2. The molecule has 1 atom stereocenters. The Labute approximate surface area is 141 Å². The first-order chi connectivity index (χ1) is 11.9. The monoisotopic (exact) mass is 349 g/mol. The van der Waals surface area contributed by atoms with Gasteiger partial charge in [0, 0.05) is 24.1 Å². The molecule has 0 aromatic heterocycles. The molecular formula is C18H14F3NO3. The van der Waals surface area contributed by atoms with Gasteiger partial charge in [-0.1, -0.05) is 18.2 Å². The van der Waals surface area contributed by atoms with Gasteiger partial charge in [0.25, 0.3) is 0 Å². The van der Waals surface area contributed by atoms with Crippen LogP contribution >= 0.6 is 0 Å². The third-order valence-electron chi connectivity index (χ3n) is 4.39. The third kappa shape index (κ3) is 2.79. The van der Waals surface area contributed by atoms with E-state index in [0.29, 0.717) is 36.0 Å². The van der Waals surface area contributed by atoms with Crippen LogP contribution in [0.3, 0.4) is 0 Å². The van der Waals surface area contributed by atoms with Gasteiger partial charge in [-0.15, -0.1) is 0 Å². The van der Waals surface area contributed by atoms with Crippen molar-refractivity contribution < 1.29 is 27.4 Å². The molecule has 2 aromatic carbocycles. The average molecular weight is 349 g/mol. The maximum absolute atomic E-state index is 13.4. The highest BCUT2D eigenvalue weighted by Crippen LogP contribution is 2.46. The SMILES string of the molecule is O=C1CC(c2ccccc2C(F)(F)F)c2cc3c(cc2N1)OCCO3. The Bertz CT molecular complexity index is 848. The van der Waals surface area contributed by atoms with Gasteiger partial charge in [-0.2, -0.15) is 13.2 Å². The molecule has 0 saturated heterocycles. The maximum atomic E-state index is 13.4. The van der Waals surface area contributed by atoms with Crippen molar-refractivity contribution in [1.29, 1.82) is 0 Å². The Kier molecular flexibility index (Phi) is 3.59. The Balaban J connectivity index is 1.87. The number of carbonyl (C=O) groups is 1. The molecule has 2 heterocycles. The Morgan fingerprint density at radius 1 is 1.00 bits per heavy atom. The maximum Gasteiger partial charge on any atom is 0.416 e. The first kappa shape index (κ1) is 15.8. The molecule has 2 aromatic rings. The van der Waals surface area contributed by atoms with Crippen LogP contribution < -0.4 is 14.8 Å². The van der Waals surface area contributed by atoms with Gasteiger partial charge < -0.3 is 14.8 Å². The van der Waals surface area contributed by atoms with Gasteiger partial charge >= 0.3 is 6.18 Å². The van der Waals surface area contributed by atoms with Crippen molar-refractivity contribution in [2.45, 2.75) is 18.5 Å². The van der Waals surface area contributed by atoms with Crippen molar-refractivity contribution in [2.24, 2.45) is 0 Å². The van der Waals surface area contributed by atoms with Crippen molar-refractivity contribution in [3.8, 4) is 11.5 Å². The van der Waals surface area contributed by atoms with E-state index in [-0.39, 0.29) is 17.9 Å². The number of carbonyl (C=O) groups excluding carboxylic acids is 1. The normalized spacial score (nSPS) is 19.2. The quantitative estimate of drug-likeness (QED) is 0.848. The number of fused-ring (bicyclic) bond motifs is 2. The fourth-order valence-corrected chi connectivity index (χ4v) is 3.33. The summed E-state index contributed by atoms with van der Waals surface area (Å²) in [7, 11) is 0. The summed E-state index contributed by atoms with van der Waals surface area (Å²) in [5.41, 5.74) is 0.418. The largest absolute Gasteiger partial charge is 0.486 e. The predicted octanol–water partition coefficient (Wildman–Crippen LogP) is 3.95. The Hall–Kier alpha value is -2.70. The van der Waals surface area contributed by atoms with Crippen LogP contribution in [0.2, 0.25) is 0 Å². The lowest BCUT2D eigenvalue weighted by molar-refractivity contribution is -0.138. The first-order valence-corrected chi connectivity index (χ1v) is 7.83. The van der Waals surface area contributed by atoms with Crippen molar-refractivity contribution in [1.82, 2.24) is 0 Å². The molecule has 1 unspecified atom stereocenters. The first-order valence-electron chi connectivity index (χ1n) is 7.83. The van der Waals surface area contributed by atoms with Crippen molar-refractivity contribution >= 4 is 11.6 Å². The van der Waals surface area contributed by atoms with Crippen molar-refractivity contribution in [3.05, 3.63) is 53.1 Å². The molecule has 25 heavy (non-hydrogen) atoms. The number of amides is 1. The molecule has 0 fully saturated rings. The van der Waals surface area contributed by atoms with Gasteiger partial charge in [-0.3, -0.25) is 4.79 Å². The summed E-state index contributed by atoms with van der Waals surface area (Å²) < 4.78 is 51.2. The van der Waals surface area contributed by atoms with E-state index in [1.807, 2.05) is 0 Å². The van der Waals surface area contributed by atoms with Crippen LogP contribution in [-0.4, -0.2) is 19.1 Å². The Morgan fingerprint density at radius 2 is 1.68 bits per heavy atom. The molecule has 0 spiro atoms. The number of benzene rings is 2. The van der Waals surface area contributed by atoms with Crippen LogP contribution in [0.4, 0.5) is 18.9 Å². The average Bonchev–Trinajstić information content (AvgIpc) is 2.58. The van der Waals surface area contributed by atoms with Gasteiger partial charge in [0.15, 0.2) is 11.5 Å². The second kappa shape index (κ2) is 5.68. The summed E-state index contributed by atoms with van der Waals surface area (Å²) >= 11 is 0. The molecule has 4 rings (SSSR count). The number of hydrogen-bond donors (Lipinski definition) is 1. The topological polar surface area (TPSA) is 47.6 Å². The molecule has 0 saturated carbocycles. The van der Waals surface area contributed by atoms with E-state index >= 15 is 0 Å². The number of anilines is 1. The van der Waals surface area contributed by atoms with Crippen LogP contribution in [0, 0.1) is 0 Å². The third-order valence-corrected chi connectivity index (χ3v) is 4.39. The van der Waals surface area contributed by atoms with Crippen LogP contribution in [0.5, 0.6) is 11.5 Å². The van der Waals surface area contributed by atoms with E-state index in [1.165, 1.54) is 12.1 Å². The minimum atomic E-state index is -4.49. The summed E-state index contributed by atoms with van der Waals surface area (Å²) in [6.45, 7) is 0.766. The minimum absolute atomic E-state index is 0.0558. The Morgan fingerprint density at radius 3 is 2.40 bits per heavy atom. The fourth-order valence-electron chi connectivity index (χ4n) is 3.33. The molecule has 130 valence electrons. The number of rotatable bonds is 1. The molecule has 4 nitrogen and oxygen atoms in total. The van der Waals surface area contributed by atoms with E-state index in [9.17, 15) is 18.0 Å². The van der Waals surface area contributed by atoms with Gasteiger partial charge in [0.1, 0.15) is 13.2 Å². The number of nitrogens with one attached hydrogen (secondary N) is 1. The highest BCUT2D eigenvalue weighted by molar-refractivity contribution is 5.96. The lowest BCUT2D eigenvalue weighted by Crippen LogP contribution is -2.26. The zero-order valence-electron chi connectivity index (χ0n) is 13.0. The van der Waals surface area contributed by atoms with E-state index in [0.717, 1.165) is 6.07 Å². The molecule has 2 aliphatic rings. The summed E-state index contributed by atoms with van der Waals surface area (Å²) in [4.78, 5) is 12.1. The van der Waals surface area contributed by atoms with E-state index in [1.54, 1.807) is 18.2 Å². The van der Waals surface area contributed by atoms with Gasteiger partial charge in [-0.05, 0) is 23.3 Å². The molecule has 1 amide bonds. The summed E-state index contributed by atoms with van der Waals surface area (Å²) in [6, 6.07) is 8.64. The second-order valence-electron chi connectivity index (χ2n) is 5.97. The fraction of sp³-hybridized carbons (Fsp3) is 0.278. The zero-order chi connectivity index (χ0) is 17.6. The van der Waals surface area contributed by atoms with E-state index < -0.39 is 17.7 Å². The van der Waals surface area contributed by atoms with Crippen LogP contribution in [0.15, 0.2) is 36.4 Å². The van der Waals surface area contributed by atoms with Crippen molar-refractivity contribution in [3.63, 3.8) is 0 Å². The molecule has 2 aliphatic heterocycles. The zero-order valence-corrected chi connectivity index (χ0v) is 13.0. The molecule has 7 heteroatoms. The van der Waals surface area contributed by atoms with Crippen LogP contribution in [0.25, 0.3) is 0 Å². The second-order valence-corrected chi connectivity index (χ2v) is 5.97. The standard InChI is InChI=1S/C18H14F3NO3/c19-18(20,21)13-4-2-1-3-10(13)11-8-17(23)22-14-9-16-15(7-12(11)14)24-5-6-25-16/h1-4,7,9,11H,5-6,8H2,(H,22,23). The van der Waals surface area contributed by atoms with Gasteiger partial charge in [0.2, 0.25) is 5.91 Å². The van der Waals surface area contributed by atoms with Crippen LogP contribution in [-0.2, 0) is 11.0 Å². The van der Waals surface area contributed by atoms with E-state index in [4.69, 9.17) is 9.47 Å². The molecular weight excluding hydrogens is 335 g/mol. The molecule has 1 N–H and O–H groups in total. The minimum Gasteiger partial charge on any atom is -0.486 e. The molecule has 0 aliphatic carbocycles. The van der Waals surface area contributed by atoms with Gasteiger partial charge in [-0.25, -0.2) is 0 Å². The number of alkyl halides is 3. The van der Waals surface area contributed by atoms with Crippen molar-refractivity contribution in [2.75, 3.05) is 18.5 Å². The number of halogens is 3. The summed E-state index contributed by atoms with van der Waals surface area (Å²) in [5.74, 6) is -0.0609. The lowest BCUT2D eigenvalue weighted by Gasteiger charge is -2.30. The van der Waals surface area contributed by atoms with Crippen LogP contribution in [0.1, 0.15) is 29.0 Å². The van der Waals surface area contributed by atoms with Gasteiger partial charge in [0.05, 0.1) is 5.56 Å².